The van der Waals surface area contributed by atoms with E-state index < -0.39 is 11.9 Å². The van der Waals surface area contributed by atoms with Crippen LogP contribution in [0.5, 0.6) is 0 Å². The fourth-order valence-corrected chi connectivity index (χ4v) is 4.92. The van der Waals surface area contributed by atoms with Crippen LogP contribution in [0.3, 0.4) is 0 Å². The van der Waals surface area contributed by atoms with Crippen molar-refractivity contribution in [2.75, 3.05) is 24.3 Å². The Labute approximate surface area is 213 Å². The molecule has 0 bridgehead atoms. The van der Waals surface area contributed by atoms with Crippen LogP contribution in [0.1, 0.15) is 36.9 Å². The molecular formula is C27H30F3N7. The van der Waals surface area contributed by atoms with Gasteiger partial charge in [0.05, 0.1) is 17.4 Å². The number of hydrogen-bond donors (Lipinski definition) is 2. The van der Waals surface area contributed by atoms with Crippen LogP contribution in [0.2, 0.25) is 0 Å². The first kappa shape index (κ1) is 25.0. The zero-order valence-electron chi connectivity index (χ0n) is 20.8. The maximum Gasteiger partial charge on any atom is 0.433 e. The number of rotatable bonds is 7. The van der Waals surface area contributed by atoms with Crippen molar-refractivity contribution in [3.8, 4) is 5.69 Å². The molecule has 0 unspecified atom stereocenters. The average Bonchev–Trinajstić information content (AvgIpc) is 3.33. The topological polar surface area (TPSA) is 70.9 Å². The van der Waals surface area contributed by atoms with Gasteiger partial charge in [0.15, 0.2) is 5.69 Å². The van der Waals surface area contributed by atoms with Gasteiger partial charge in [-0.15, -0.1) is 0 Å². The van der Waals surface area contributed by atoms with Crippen LogP contribution < -0.4 is 15.5 Å². The highest BCUT2D eigenvalue weighted by Crippen LogP contribution is 2.34. The Bertz CT molecular complexity index is 1340. The van der Waals surface area contributed by atoms with Crippen LogP contribution in [0.25, 0.3) is 16.6 Å². The lowest BCUT2D eigenvalue weighted by molar-refractivity contribution is -0.143. The molecule has 1 saturated carbocycles. The molecule has 1 aliphatic carbocycles. The van der Waals surface area contributed by atoms with E-state index in [9.17, 15) is 13.2 Å². The van der Waals surface area contributed by atoms with Crippen molar-refractivity contribution in [1.29, 1.82) is 0 Å². The summed E-state index contributed by atoms with van der Waals surface area (Å²) in [6.07, 6.45) is 0.257. The predicted octanol–water partition coefficient (Wildman–Crippen LogP) is 5.41. The first-order valence-corrected chi connectivity index (χ1v) is 12.4. The van der Waals surface area contributed by atoms with Gasteiger partial charge in [0.2, 0.25) is 5.95 Å². The van der Waals surface area contributed by atoms with Gasteiger partial charge in [0.25, 0.3) is 0 Å². The molecule has 5 rings (SSSR count). The molecule has 2 aromatic heterocycles. The summed E-state index contributed by atoms with van der Waals surface area (Å²) in [5, 5.41) is 11.8. The van der Waals surface area contributed by atoms with Gasteiger partial charge in [-0.05, 0) is 49.9 Å². The summed E-state index contributed by atoms with van der Waals surface area (Å²) in [4.78, 5) is 11.4. The largest absolute Gasteiger partial charge is 0.433 e. The Morgan fingerprint density at radius 2 is 1.59 bits per heavy atom. The van der Waals surface area contributed by atoms with Crippen LogP contribution in [0.4, 0.5) is 24.9 Å². The number of halogens is 3. The summed E-state index contributed by atoms with van der Waals surface area (Å²) in [7, 11) is 3.92. The SMILES string of the molecule is CN(C)c1nc(N[C@H]2CC[C@@H](NCc3cnn(-c4ccccc4)c3C(F)(F)F)CC2)nc2ccccc12. The Hall–Kier alpha value is -3.66. The second-order valence-electron chi connectivity index (χ2n) is 9.62. The van der Waals surface area contributed by atoms with Crippen LogP contribution in [0.15, 0.2) is 60.8 Å². The van der Waals surface area contributed by atoms with Crippen LogP contribution in [-0.2, 0) is 12.7 Å². The van der Waals surface area contributed by atoms with Crippen molar-refractivity contribution in [3.05, 3.63) is 72.1 Å². The molecule has 0 spiro atoms. The van der Waals surface area contributed by atoms with Crippen LogP contribution in [-0.4, -0.2) is 45.9 Å². The molecule has 4 aromatic rings. The van der Waals surface area contributed by atoms with Gasteiger partial charge < -0.3 is 15.5 Å². The number of alkyl halides is 3. The minimum atomic E-state index is -4.50. The predicted molar refractivity (Wildman–Crippen MR) is 139 cm³/mol. The van der Waals surface area contributed by atoms with E-state index in [1.165, 1.54) is 6.20 Å². The maximum atomic E-state index is 13.9. The maximum absolute atomic E-state index is 13.9. The van der Waals surface area contributed by atoms with Crippen molar-refractivity contribution in [3.63, 3.8) is 0 Å². The monoisotopic (exact) mass is 509 g/mol. The number of nitrogens with zero attached hydrogens (tertiary/aromatic N) is 5. The third kappa shape index (κ3) is 5.53. The minimum absolute atomic E-state index is 0.115. The molecule has 37 heavy (non-hydrogen) atoms. The van der Waals surface area contributed by atoms with Crippen molar-refractivity contribution < 1.29 is 13.2 Å². The van der Waals surface area contributed by atoms with Crippen LogP contribution >= 0.6 is 0 Å². The Kier molecular flexibility index (Phi) is 7.01. The van der Waals surface area contributed by atoms with Crippen molar-refractivity contribution >= 4 is 22.7 Å². The van der Waals surface area contributed by atoms with Crippen LogP contribution in [0, 0.1) is 0 Å². The van der Waals surface area contributed by atoms with E-state index >= 15 is 0 Å². The van der Waals surface area contributed by atoms with E-state index in [1.54, 1.807) is 30.3 Å². The highest BCUT2D eigenvalue weighted by Gasteiger charge is 2.38. The summed E-state index contributed by atoms with van der Waals surface area (Å²) in [5.74, 6) is 1.46. The number of nitrogens with one attached hydrogen (secondary N) is 2. The molecule has 0 radical (unpaired) electrons. The number of benzene rings is 2. The molecule has 0 aliphatic heterocycles. The second kappa shape index (κ2) is 10.4. The highest BCUT2D eigenvalue weighted by molar-refractivity contribution is 5.90. The van der Waals surface area contributed by atoms with E-state index in [2.05, 4.69) is 20.7 Å². The van der Waals surface area contributed by atoms with Crippen molar-refractivity contribution in [2.24, 2.45) is 0 Å². The molecule has 1 fully saturated rings. The Morgan fingerprint density at radius 3 is 2.30 bits per heavy atom. The number of hydrogen-bond acceptors (Lipinski definition) is 6. The van der Waals surface area contributed by atoms with Crippen molar-refractivity contribution in [1.82, 2.24) is 25.1 Å². The normalized spacial score (nSPS) is 18.2. The van der Waals surface area contributed by atoms with Gasteiger partial charge in [0, 0.05) is 43.7 Å². The summed E-state index contributed by atoms with van der Waals surface area (Å²) >= 11 is 0. The van der Waals surface area contributed by atoms with Gasteiger partial charge in [0.1, 0.15) is 5.82 Å². The molecule has 194 valence electrons. The fraction of sp³-hybridized carbons (Fsp3) is 0.370. The number of anilines is 2. The first-order chi connectivity index (χ1) is 17.8. The molecule has 2 heterocycles. The third-order valence-corrected chi connectivity index (χ3v) is 6.76. The van der Waals surface area contributed by atoms with Gasteiger partial charge in [-0.3, -0.25) is 0 Å². The summed E-state index contributed by atoms with van der Waals surface area (Å²) < 4.78 is 42.7. The summed E-state index contributed by atoms with van der Waals surface area (Å²) in [6.45, 7) is 0.115. The second-order valence-corrected chi connectivity index (χ2v) is 9.62. The minimum Gasteiger partial charge on any atom is -0.362 e. The lowest BCUT2D eigenvalue weighted by atomic mass is 9.91. The van der Waals surface area contributed by atoms with E-state index in [-0.39, 0.29) is 24.2 Å². The van der Waals surface area contributed by atoms with Gasteiger partial charge in [-0.1, -0.05) is 30.3 Å². The summed E-state index contributed by atoms with van der Waals surface area (Å²) in [5.41, 5.74) is 0.695. The molecule has 0 saturated heterocycles. The smallest absolute Gasteiger partial charge is 0.362 e. The van der Waals surface area contributed by atoms with E-state index in [0.29, 0.717) is 11.6 Å². The van der Waals surface area contributed by atoms with Gasteiger partial charge >= 0.3 is 6.18 Å². The summed E-state index contributed by atoms with van der Waals surface area (Å²) in [6, 6.07) is 16.7. The highest BCUT2D eigenvalue weighted by atomic mass is 19.4. The quantitative estimate of drug-likeness (QED) is 0.347. The van der Waals surface area contributed by atoms with Gasteiger partial charge in [-0.25, -0.2) is 9.67 Å². The van der Waals surface area contributed by atoms with E-state index in [0.717, 1.165) is 47.1 Å². The van der Waals surface area contributed by atoms with Gasteiger partial charge in [-0.2, -0.15) is 23.3 Å². The molecule has 0 amide bonds. The van der Waals surface area contributed by atoms with E-state index in [4.69, 9.17) is 4.98 Å². The van der Waals surface area contributed by atoms with E-state index in [1.807, 2.05) is 43.3 Å². The third-order valence-electron chi connectivity index (χ3n) is 6.76. The molecule has 7 nitrogen and oxygen atoms in total. The van der Waals surface area contributed by atoms with Crippen molar-refractivity contribution in [2.45, 2.75) is 50.5 Å². The molecular weight excluding hydrogens is 479 g/mol. The number of para-hydroxylation sites is 2. The lowest BCUT2D eigenvalue weighted by Crippen LogP contribution is -2.37. The lowest BCUT2D eigenvalue weighted by Gasteiger charge is -2.30. The Balaban J connectivity index is 1.21. The molecule has 0 atom stereocenters. The standard InChI is InChI=1S/C27H30F3N7/c1-36(2)25-22-10-6-7-11-23(22)34-26(35-25)33-20-14-12-19(13-15-20)31-16-18-17-32-37(24(18)27(28,29)30)21-8-4-3-5-9-21/h3-11,17,19-20,31H,12-16H2,1-2H3,(H,33,34,35)/t19-,20+. The average molecular weight is 510 g/mol. The molecule has 1 aliphatic rings. The molecule has 2 aromatic carbocycles. The first-order valence-electron chi connectivity index (χ1n) is 12.4. The molecule has 10 heteroatoms. The molecule has 2 N–H and O–H groups in total. The Morgan fingerprint density at radius 1 is 0.919 bits per heavy atom. The number of aromatic nitrogens is 4. The number of fused-ring (bicyclic) bond motifs is 1. The fourth-order valence-electron chi connectivity index (χ4n) is 4.92. The zero-order chi connectivity index (χ0) is 26.0. The zero-order valence-corrected chi connectivity index (χ0v) is 20.8.